The average molecular weight is 675 g/mol. The van der Waals surface area contributed by atoms with E-state index in [1.54, 1.807) is 17.9 Å². The molecule has 13 nitrogen and oxygen atoms in total. The first-order valence-corrected chi connectivity index (χ1v) is 16.5. The molecule has 260 valence electrons. The van der Waals surface area contributed by atoms with Gasteiger partial charge in [-0.1, -0.05) is 18.9 Å². The Morgan fingerprint density at radius 2 is 1.84 bits per heavy atom. The summed E-state index contributed by atoms with van der Waals surface area (Å²) in [7, 11) is 1.23. The molecule has 0 bridgehead atoms. The highest BCUT2D eigenvalue weighted by atomic mass is 16.7. The average Bonchev–Trinajstić information content (AvgIpc) is 3.62. The third-order valence-corrected chi connectivity index (χ3v) is 8.55. The van der Waals surface area contributed by atoms with Crippen molar-refractivity contribution in [3.8, 4) is 17.6 Å². The summed E-state index contributed by atoms with van der Waals surface area (Å²) >= 11 is 0. The smallest absolute Gasteiger partial charge is 0.476 e. The molecule has 49 heavy (non-hydrogen) atoms. The number of nitrogens with zero attached hydrogens (tertiary/aromatic N) is 3. The van der Waals surface area contributed by atoms with Crippen LogP contribution in [0.1, 0.15) is 82.4 Å². The van der Waals surface area contributed by atoms with Crippen molar-refractivity contribution in [3.05, 3.63) is 53.1 Å². The van der Waals surface area contributed by atoms with E-state index in [0.717, 1.165) is 36.8 Å². The third kappa shape index (κ3) is 8.25. The van der Waals surface area contributed by atoms with Crippen molar-refractivity contribution in [1.82, 2.24) is 4.90 Å². The van der Waals surface area contributed by atoms with Crippen LogP contribution in [0.2, 0.25) is 0 Å². The fraction of sp³-hybridized carbons (Fsp3) is 0.472. The maximum absolute atomic E-state index is 14.0. The number of hydrogen-bond donors (Lipinski definition) is 1. The molecule has 13 heteroatoms. The van der Waals surface area contributed by atoms with E-state index in [0.29, 0.717) is 42.0 Å². The summed E-state index contributed by atoms with van der Waals surface area (Å²) in [5.74, 6) is 0.0917. The Balaban J connectivity index is 1.50. The minimum Gasteiger partial charge on any atom is -0.476 e. The summed E-state index contributed by atoms with van der Waals surface area (Å²) in [6.07, 6.45) is 3.19. The monoisotopic (exact) mass is 674 g/mol. The highest BCUT2D eigenvalue weighted by molar-refractivity contribution is 6.00. The summed E-state index contributed by atoms with van der Waals surface area (Å²) in [5.41, 5.74) is 2.80. The second-order valence-corrected chi connectivity index (χ2v) is 13.1. The molecule has 2 heterocycles. The molecule has 0 aromatic heterocycles. The van der Waals surface area contributed by atoms with Crippen LogP contribution in [0.15, 0.2) is 36.4 Å². The number of benzene rings is 2. The molecule has 1 unspecified atom stereocenters. The predicted molar refractivity (Wildman–Crippen MR) is 180 cm³/mol. The molecule has 1 atom stereocenters. The summed E-state index contributed by atoms with van der Waals surface area (Å²) in [5, 5.41) is 12.4. The summed E-state index contributed by atoms with van der Waals surface area (Å²) in [6.45, 7) is 7.76. The summed E-state index contributed by atoms with van der Waals surface area (Å²) in [4.78, 5) is 55.0. The van der Waals surface area contributed by atoms with E-state index >= 15 is 0 Å². The first-order chi connectivity index (χ1) is 23.4. The quantitative estimate of drug-likeness (QED) is 0.198. The lowest BCUT2D eigenvalue weighted by Crippen LogP contribution is -2.49. The van der Waals surface area contributed by atoms with Crippen LogP contribution in [0.4, 0.5) is 25.8 Å². The van der Waals surface area contributed by atoms with E-state index in [4.69, 9.17) is 23.7 Å². The topological polar surface area (TPSA) is 157 Å². The summed E-state index contributed by atoms with van der Waals surface area (Å²) in [6, 6.07) is 10.2. The van der Waals surface area contributed by atoms with Crippen LogP contribution in [0, 0.1) is 11.3 Å². The molecular weight excluding hydrogens is 632 g/mol. The Bertz CT molecular complexity index is 1680. The van der Waals surface area contributed by atoms with Gasteiger partial charge in [-0.2, -0.15) is 5.26 Å². The van der Waals surface area contributed by atoms with Crippen LogP contribution in [-0.4, -0.2) is 74.2 Å². The number of ether oxygens (including phenoxy) is 5. The lowest BCUT2D eigenvalue weighted by molar-refractivity contribution is -0.122. The maximum Gasteiger partial charge on any atom is 0.513 e. The molecule has 1 aliphatic carbocycles. The molecule has 0 spiro atoms. The van der Waals surface area contributed by atoms with Gasteiger partial charge in [0.15, 0.2) is 6.10 Å². The van der Waals surface area contributed by atoms with Crippen molar-refractivity contribution in [2.45, 2.75) is 77.4 Å². The molecule has 5 rings (SSSR count). The van der Waals surface area contributed by atoms with Crippen molar-refractivity contribution >= 4 is 41.2 Å². The Morgan fingerprint density at radius 3 is 2.47 bits per heavy atom. The molecule has 2 aromatic carbocycles. The molecule has 2 aliphatic heterocycles. The second kappa shape index (κ2) is 14.9. The normalized spacial score (nSPS) is 17.6. The van der Waals surface area contributed by atoms with Gasteiger partial charge in [0.2, 0.25) is 0 Å². The van der Waals surface area contributed by atoms with Gasteiger partial charge < -0.3 is 33.9 Å². The zero-order valence-electron chi connectivity index (χ0n) is 28.5. The van der Waals surface area contributed by atoms with Crippen LogP contribution in [0.3, 0.4) is 0 Å². The number of nitriles is 1. The van der Waals surface area contributed by atoms with Gasteiger partial charge in [-0.05, 0) is 88.3 Å². The largest absolute Gasteiger partial charge is 0.513 e. The SMILES string of the molecule is CCOC(=O)N1CC(C(=O)Nc2cc(OC(=O)OC)c(C3CCCC3)cc2C2=CCN(C(=O)OC(C)(C)C)CC2)Oc2ccc(C#N)cc21. The van der Waals surface area contributed by atoms with E-state index in [9.17, 15) is 24.4 Å². The highest BCUT2D eigenvalue weighted by Crippen LogP contribution is 2.44. The summed E-state index contributed by atoms with van der Waals surface area (Å²) < 4.78 is 27.3. The van der Waals surface area contributed by atoms with Crippen LogP contribution in [0.5, 0.6) is 11.5 Å². The van der Waals surface area contributed by atoms with E-state index < -0.39 is 36.0 Å². The standard InChI is InChI=1S/C36H42N4O9/c1-6-46-34(43)40-21-31(47-29-12-11-22(20-37)17-28(29)40)32(41)38-27-19-30(48-35(44)45-5)26(23-9-7-8-10-23)18-25(27)24-13-15-39(16-14-24)33(42)49-36(2,3)4/h11-13,17-19,23,31H,6-10,14-16,21H2,1-5H3,(H,38,41). The van der Waals surface area contributed by atoms with Gasteiger partial charge in [-0.3, -0.25) is 9.69 Å². The number of fused-ring (bicyclic) bond motifs is 1. The minimum absolute atomic E-state index is 0.112. The van der Waals surface area contributed by atoms with E-state index in [-0.39, 0.29) is 30.6 Å². The molecule has 1 N–H and O–H groups in total. The number of nitrogens with one attached hydrogen (secondary N) is 1. The number of amides is 3. The number of anilines is 2. The Labute approximate surface area is 285 Å². The number of hydrogen-bond acceptors (Lipinski definition) is 10. The molecule has 0 radical (unpaired) electrons. The zero-order chi connectivity index (χ0) is 35.3. The Hall–Kier alpha value is -5.25. The second-order valence-electron chi connectivity index (χ2n) is 13.1. The molecular formula is C36H42N4O9. The predicted octanol–water partition coefficient (Wildman–Crippen LogP) is 6.75. The first kappa shape index (κ1) is 35.1. The van der Waals surface area contributed by atoms with Gasteiger partial charge in [0.25, 0.3) is 5.91 Å². The molecule has 1 fully saturated rings. The van der Waals surface area contributed by atoms with Crippen LogP contribution in [-0.2, 0) is 19.0 Å². The van der Waals surface area contributed by atoms with E-state index in [1.807, 2.05) is 39.0 Å². The first-order valence-electron chi connectivity index (χ1n) is 16.5. The van der Waals surface area contributed by atoms with Crippen molar-refractivity contribution in [2.24, 2.45) is 0 Å². The number of rotatable bonds is 6. The Morgan fingerprint density at radius 1 is 1.08 bits per heavy atom. The van der Waals surface area contributed by atoms with Gasteiger partial charge in [0, 0.05) is 24.7 Å². The zero-order valence-corrected chi connectivity index (χ0v) is 28.5. The molecule has 0 saturated heterocycles. The Kier molecular flexibility index (Phi) is 10.7. The van der Waals surface area contributed by atoms with Crippen molar-refractivity contribution in [2.75, 3.05) is 43.6 Å². The van der Waals surface area contributed by atoms with Crippen molar-refractivity contribution in [1.29, 1.82) is 5.26 Å². The fourth-order valence-corrected chi connectivity index (χ4v) is 6.22. The molecule has 3 aliphatic rings. The molecule has 1 saturated carbocycles. The van der Waals surface area contributed by atoms with Crippen LogP contribution < -0.4 is 19.7 Å². The van der Waals surface area contributed by atoms with Crippen LogP contribution in [0.25, 0.3) is 5.57 Å². The van der Waals surface area contributed by atoms with Gasteiger partial charge in [-0.25, -0.2) is 14.4 Å². The minimum atomic E-state index is -1.15. The number of carbonyl (C=O) groups is 4. The lowest BCUT2D eigenvalue weighted by atomic mass is 9.90. The van der Waals surface area contributed by atoms with Crippen molar-refractivity contribution < 1.29 is 42.9 Å². The van der Waals surface area contributed by atoms with Crippen LogP contribution >= 0.6 is 0 Å². The molecule has 3 amide bonds. The van der Waals surface area contributed by atoms with Gasteiger partial charge in [-0.15, -0.1) is 0 Å². The van der Waals surface area contributed by atoms with Gasteiger partial charge in [0.1, 0.15) is 17.1 Å². The van der Waals surface area contributed by atoms with Crippen molar-refractivity contribution in [3.63, 3.8) is 0 Å². The fourth-order valence-electron chi connectivity index (χ4n) is 6.22. The number of methoxy groups -OCH3 is 1. The third-order valence-electron chi connectivity index (χ3n) is 8.55. The van der Waals surface area contributed by atoms with E-state index in [2.05, 4.69) is 5.32 Å². The molecule has 2 aromatic rings. The number of carbonyl (C=O) groups excluding carboxylic acids is 4. The van der Waals surface area contributed by atoms with Gasteiger partial charge in [0.05, 0.1) is 43.3 Å². The maximum atomic E-state index is 14.0. The lowest BCUT2D eigenvalue weighted by Gasteiger charge is -2.34. The van der Waals surface area contributed by atoms with E-state index in [1.165, 1.54) is 30.2 Å². The van der Waals surface area contributed by atoms with Gasteiger partial charge >= 0.3 is 18.3 Å². The highest BCUT2D eigenvalue weighted by Gasteiger charge is 2.36.